The molecule has 1 aromatic heterocycles. The number of fused-ring (bicyclic) bond motifs is 1. The van der Waals surface area contributed by atoms with Gasteiger partial charge < -0.3 is 15.5 Å². The standard InChI is InChI=1S/C13H18N2O/c1-13(2,8-15-9-14)11-7-16-12-6-4-3-5-10(11)12/h3-7,15H,8-9,14H2,1-2H3. The Morgan fingerprint density at radius 3 is 2.81 bits per heavy atom. The van der Waals surface area contributed by atoms with Gasteiger partial charge >= 0.3 is 0 Å². The highest BCUT2D eigenvalue weighted by atomic mass is 16.3. The average Bonchev–Trinajstić information content (AvgIpc) is 2.71. The molecule has 86 valence electrons. The van der Waals surface area contributed by atoms with Gasteiger partial charge in [-0.2, -0.15) is 0 Å². The van der Waals surface area contributed by atoms with E-state index in [1.165, 1.54) is 10.9 Å². The molecule has 0 saturated heterocycles. The molecule has 3 nitrogen and oxygen atoms in total. The van der Waals surface area contributed by atoms with Gasteiger partial charge in [-0.15, -0.1) is 0 Å². The van der Waals surface area contributed by atoms with Crippen molar-refractivity contribution in [1.29, 1.82) is 0 Å². The Bertz CT molecular complexity index is 473. The van der Waals surface area contributed by atoms with Gasteiger partial charge in [-0.3, -0.25) is 0 Å². The van der Waals surface area contributed by atoms with Crippen LogP contribution in [0.5, 0.6) is 0 Å². The maximum Gasteiger partial charge on any atom is 0.134 e. The van der Waals surface area contributed by atoms with E-state index in [4.69, 9.17) is 10.2 Å². The predicted octanol–water partition coefficient (Wildman–Crippen LogP) is 2.22. The maximum atomic E-state index is 5.56. The Kier molecular flexibility index (Phi) is 2.99. The molecule has 0 atom stereocenters. The normalized spacial score (nSPS) is 12.2. The topological polar surface area (TPSA) is 51.2 Å². The largest absolute Gasteiger partial charge is 0.464 e. The van der Waals surface area contributed by atoms with Crippen LogP contribution >= 0.6 is 0 Å². The van der Waals surface area contributed by atoms with Crippen LogP contribution in [0, 0.1) is 0 Å². The van der Waals surface area contributed by atoms with E-state index < -0.39 is 0 Å². The van der Waals surface area contributed by atoms with E-state index in [1.807, 2.05) is 24.5 Å². The molecule has 0 bridgehead atoms. The summed E-state index contributed by atoms with van der Waals surface area (Å²) in [5.74, 6) is 0. The Morgan fingerprint density at radius 1 is 1.31 bits per heavy atom. The molecule has 0 saturated carbocycles. The zero-order valence-electron chi connectivity index (χ0n) is 9.79. The minimum absolute atomic E-state index is 0.0198. The smallest absolute Gasteiger partial charge is 0.134 e. The summed E-state index contributed by atoms with van der Waals surface area (Å²) in [4.78, 5) is 0. The van der Waals surface area contributed by atoms with Gasteiger partial charge in [-0.05, 0) is 6.07 Å². The van der Waals surface area contributed by atoms with Gasteiger partial charge in [-0.1, -0.05) is 32.0 Å². The molecule has 0 fully saturated rings. The Morgan fingerprint density at radius 2 is 2.06 bits per heavy atom. The van der Waals surface area contributed by atoms with E-state index in [0.29, 0.717) is 6.67 Å². The van der Waals surface area contributed by atoms with Gasteiger partial charge in [-0.25, -0.2) is 0 Å². The number of benzene rings is 1. The van der Waals surface area contributed by atoms with Crippen molar-refractivity contribution < 1.29 is 4.42 Å². The molecule has 0 aliphatic rings. The lowest BCUT2D eigenvalue weighted by atomic mass is 9.84. The van der Waals surface area contributed by atoms with E-state index in [9.17, 15) is 0 Å². The van der Waals surface area contributed by atoms with Crippen molar-refractivity contribution in [2.24, 2.45) is 5.73 Å². The van der Waals surface area contributed by atoms with Crippen molar-refractivity contribution in [2.45, 2.75) is 19.3 Å². The molecule has 0 spiro atoms. The fraction of sp³-hybridized carbons (Fsp3) is 0.385. The molecule has 0 amide bonds. The van der Waals surface area contributed by atoms with Crippen molar-refractivity contribution in [3.8, 4) is 0 Å². The predicted molar refractivity (Wildman–Crippen MR) is 66.3 cm³/mol. The first-order valence-corrected chi connectivity index (χ1v) is 5.52. The summed E-state index contributed by atoms with van der Waals surface area (Å²) in [6.45, 7) is 5.71. The van der Waals surface area contributed by atoms with Crippen LogP contribution in [0.25, 0.3) is 11.0 Å². The van der Waals surface area contributed by atoms with Gasteiger partial charge in [0.2, 0.25) is 0 Å². The van der Waals surface area contributed by atoms with Crippen LogP contribution in [0.15, 0.2) is 34.9 Å². The second kappa shape index (κ2) is 4.28. The van der Waals surface area contributed by atoms with E-state index in [-0.39, 0.29) is 5.41 Å². The van der Waals surface area contributed by atoms with Gasteiger partial charge in [0.25, 0.3) is 0 Å². The third-order valence-electron chi connectivity index (χ3n) is 2.92. The highest BCUT2D eigenvalue weighted by molar-refractivity contribution is 5.82. The van der Waals surface area contributed by atoms with Crippen LogP contribution in [-0.2, 0) is 5.41 Å². The number of rotatable bonds is 4. The van der Waals surface area contributed by atoms with Crippen molar-refractivity contribution in [3.05, 3.63) is 36.1 Å². The summed E-state index contributed by atoms with van der Waals surface area (Å²) < 4.78 is 5.56. The number of nitrogens with one attached hydrogen (secondary N) is 1. The second-order valence-electron chi connectivity index (χ2n) is 4.66. The maximum absolute atomic E-state index is 5.56. The second-order valence-corrected chi connectivity index (χ2v) is 4.66. The highest BCUT2D eigenvalue weighted by Gasteiger charge is 2.24. The first-order chi connectivity index (χ1) is 7.65. The van der Waals surface area contributed by atoms with Gasteiger partial charge in [0.1, 0.15) is 5.58 Å². The van der Waals surface area contributed by atoms with E-state index >= 15 is 0 Å². The van der Waals surface area contributed by atoms with Crippen LogP contribution in [0.3, 0.4) is 0 Å². The van der Waals surface area contributed by atoms with Crippen LogP contribution in [0.2, 0.25) is 0 Å². The number of furan rings is 1. The fourth-order valence-electron chi connectivity index (χ4n) is 1.98. The SMILES string of the molecule is CC(C)(CNCN)c1coc2ccccc12. The van der Waals surface area contributed by atoms with Crippen LogP contribution in [0.1, 0.15) is 19.4 Å². The average molecular weight is 218 g/mol. The van der Waals surface area contributed by atoms with Crippen LogP contribution in [-0.4, -0.2) is 13.2 Å². The molecule has 2 rings (SSSR count). The molecule has 16 heavy (non-hydrogen) atoms. The van der Waals surface area contributed by atoms with Crippen molar-refractivity contribution >= 4 is 11.0 Å². The number of hydrogen-bond donors (Lipinski definition) is 2. The van der Waals surface area contributed by atoms with E-state index in [1.54, 1.807) is 0 Å². The zero-order valence-corrected chi connectivity index (χ0v) is 9.79. The molecule has 3 heteroatoms. The molecule has 0 aliphatic carbocycles. The Hall–Kier alpha value is -1.32. The van der Waals surface area contributed by atoms with Gasteiger partial charge in [0.05, 0.1) is 6.26 Å². The Labute approximate surface area is 95.6 Å². The van der Waals surface area contributed by atoms with Crippen molar-refractivity contribution in [2.75, 3.05) is 13.2 Å². The lowest BCUT2D eigenvalue weighted by Gasteiger charge is -2.23. The monoisotopic (exact) mass is 218 g/mol. The summed E-state index contributed by atoms with van der Waals surface area (Å²) >= 11 is 0. The molecule has 0 radical (unpaired) electrons. The molecule has 1 aromatic carbocycles. The third kappa shape index (κ3) is 1.96. The minimum atomic E-state index is 0.0198. The first-order valence-electron chi connectivity index (χ1n) is 5.52. The zero-order chi connectivity index (χ0) is 11.6. The molecule has 2 aromatic rings. The lowest BCUT2D eigenvalue weighted by molar-refractivity contribution is 0.468. The summed E-state index contributed by atoms with van der Waals surface area (Å²) in [6.07, 6.45) is 1.85. The van der Waals surface area contributed by atoms with E-state index in [2.05, 4.69) is 25.2 Å². The summed E-state index contributed by atoms with van der Waals surface area (Å²) in [7, 11) is 0. The minimum Gasteiger partial charge on any atom is -0.464 e. The fourth-order valence-corrected chi connectivity index (χ4v) is 1.98. The quantitative estimate of drug-likeness (QED) is 0.774. The molecule has 3 N–H and O–H groups in total. The first kappa shape index (κ1) is 11.2. The number of nitrogens with two attached hydrogens (primary N) is 1. The third-order valence-corrected chi connectivity index (χ3v) is 2.92. The van der Waals surface area contributed by atoms with Crippen molar-refractivity contribution in [1.82, 2.24) is 5.32 Å². The van der Waals surface area contributed by atoms with Gasteiger partial charge in [0.15, 0.2) is 0 Å². The molecule has 0 unspecified atom stereocenters. The van der Waals surface area contributed by atoms with Crippen molar-refractivity contribution in [3.63, 3.8) is 0 Å². The summed E-state index contributed by atoms with van der Waals surface area (Å²) in [6, 6.07) is 8.11. The van der Waals surface area contributed by atoms with Gasteiger partial charge in [0, 0.05) is 29.6 Å². The number of hydrogen-bond acceptors (Lipinski definition) is 3. The van der Waals surface area contributed by atoms with Crippen LogP contribution < -0.4 is 11.1 Å². The lowest BCUT2D eigenvalue weighted by Crippen LogP contribution is -2.35. The Balaban J connectivity index is 2.38. The number of para-hydroxylation sites is 1. The highest BCUT2D eigenvalue weighted by Crippen LogP contribution is 2.31. The summed E-state index contributed by atoms with van der Waals surface area (Å²) in [5.41, 5.74) is 7.66. The van der Waals surface area contributed by atoms with E-state index in [0.717, 1.165) is 12.1 Å². The molecule has 1 heterocycles. The molecular weight excluding hydrogens is 200 g/mol. The summed E-state index contributed by atoms with van der Waals surface area (Å²) in [5, 5.41) is 4.36. The molecular formula is C13H18N2O. The molecule has 0 aliphatic heterocycles. The van der Waals surface area contributed by atoms with Crippen LogP contribution in [0.4, 0.5) is 0 Å².